The van der Waals surface area contributed by atoms with Crippen LogP contribution < -0.4 is 15.5 Å². The van der Waals surface area contributed by atoms with Gasteiger partial charge in [-0.15, -0.1) is 24.0 Å². The second kappa shape index (κ2) is 10.7. The van der Waals surface area contributed by atoms with Crippen LogP contribution in [0.25, 0.3) is 0 Å². The Bertz CT molecular complexity index is 472. The smallest absolute Gasteiger partial charge is 0.191 e. The summed E-state index contributed by atoms with van der Waals surface area (Å²) in [4.78, 5) is 7.10. The fourth-order valence-electron chi connectivity index (χ4n) is 2.73. The van der Waals surface area contributed by atoms with E-state index in [2.05, 4.69) is 65.6 Å². The van der Waals surface area contributed by atoms with E-state index in [0.717, 1.165) is 45.0 Å². The van der Waals surface area contributed by atoms with Crippen molar-refractivity contribution in [2.75, 3.05) is 31.1 Å². The molecule has 1 aliphatic heterocycles. The highest BCUT2D eigenvalue weighted by Gasteiger charge is 2.23. The number of benzene rings is 1. The van der Waals surface area contributed by atoms with Crippen molar-refractivity contribution in [2.24, 2.45) is 4.99 Å². The maximum Gasteiger partial charge on any atom is 0.191 e. The van der Waals surface area contributed by atoms with Gasteiger partial charge in [-0.25, -0.2) is 0 Å². The van der Waals surface area contributed by atoms with Crippen molar-refractivity contribution >= 4 is 35.6 Å². The lowest BCUT2D eigenvalue weighted by Crippen LogP contribution is -2.44. The van der Waals surface area contributed by atoms with E-state index in [1.807, 2.05) is 0 Å². The predicted molar refractivity (Wildman–Crippen MR) is 111 cm³/mol. The maximum atomic E-state index is 4.65. The topological polar surface area (TPSA) is 39.7 Å². The highest BCUT2D eigenvalue weighted by atomic mass is 127. The zero-order chi connectivity index (χ0) is 15.8. The minimum Gasteiger partial charge on any atom is -0.369 e. The molecule has 0 radical (unpaired) electrons. The molecule has 0 amide bonds. The zero-order valence-corrected chi connectivity index (χ0v) is 17.0. The SMILES string of the molecule is CCCCN=C(NCC)NC1CCN(c2ccc(C)cc2)C1.I. The molecule has 1 atom stereocenters. The molecule has 1 unspecified atom stereocenters. The average Bonchev–Trinajstić information content (AvgIpc) is 2.97. The second-order valence-electron chi connectivity index (χ2n) is 6.03. The summed E-state index contributed by atoms with van der Waals surface area (Å²) in [6, 6.07) is 9.29. The summed E-state index contributed by atoms with van der Waals surface area (Å²) in [6.45, 7) is 10.4. The van der Waals surface area contributed by atoms with Crippen molar-refractivity contribution in [3.05, 3.63) is 29.8 Å². The van der Waals surface area contributed by atoms with Gasteiger partial charge in [0.2, 0.25) is 0 Å². The molecule has 0 bridgehead atoms. The molecule has 1 heterocycles. The number of nitrogens with zero attached hydrogens (tertiary/aromatic N) is 2. The molecular formula is C18H31IN4. The summed E-state index contributed by atoms with van der Waals surface area (Å²) in [5, 5.41) is 6.93. The molecule has 2 N–H and O–H groups in total. The lowest BCUT2D eigenvalue weighted by molar-refractivity contribution is 0.647. The van der Waals surface area contributed by atoms with Crippen molar-refractivity contribution in [1.29, 1.82) is 0 Å². The van der Waals surface area contributed by atoms with Crippen LogP contribution in [-0.2, 0) is 0 Å². The summed E-state index contributed by atoms with van der Waals surface area (Å²) < 4.78 is 0. The van der Waals surface area contributed by atoms with Crippen LogP contribution in [0.5, 0.6) is 0 Å². The van der Waals surface area contributed by atoms with Crippen molar-refractivity contribution in [3.8, 4) is 0 Å². The van der Waals surface area contributed by atoms with E-state index in [4.69, 9.17) is 0 Å². The number of rotatable bonds is 6. The summed E-state index contributed by atoms with van der Waals surface area (Å²) in [5.74, 6) is 0.965. The molecular weight excluding hydrogens is 399 g/mol. The first kappa shape index (κ1) is 20.1. The Morgan fingerprint density at radius 1 is 1.26 bits per heavy atom. The molecule has 23 heavy (non-hydrogen) atoms. The molecule has 130 valence electrons. The number of nitrogens with one attached hydrogen (secondary N) is 2. The van der Waals surface area contributed by atoms with E-state index in [-0.39, 0.29) is 24.0 Å². The van der Waals surface area contributed by atoms with Crippen LogP contribution >= 0.6 is 24.0 Å². The molecule has 5 heteroatoms. The third-order valence-corrected chi connectivity index (χ3v) is 4.05. The largest absolute Gasteiger partial charge is 0.369 e. The Morgan fingerprint density at radius 2 is 2.00 bits per heavy atom. The maximum absolute atomic E-state index is 4.65. The second-order valence-corrected chi connectivity index (χ2v) is 6.03. The standard InChI is InChI=1S/C18H30N4.HI/c1-4-6-12-20-18(19-5-2)21-16-11-13-22(14-16)17-9-7-15(3)8-10-17;/h7-10,16H,4-6,11-14H2,1-3H3,(H2,19,20,21);1H. The number of aryl methyl sites for hydroxylation is 1. The highest BCUT2D eigenvalue weighted by Crippen LogP contribution is 2.20. The highest BCUT2D eigenvalue weighted by molar-refractivity contribution is 14.0. The van der Waals surface area contributed by atoms with Crippen molar-refractivity contribution in [1.82, 2.24) is 10.6 Å². The van der Waals surface area contributed by atoms with Gasteiger partial charge in [0, 0.05) is 37.9 Å². The van der Waals surface area contributed by atoms with Crippen molar-refractivity contribution < 1.29 is 0 Å². The molecule has 1 fully saturated rings. The monoisotopic (exact) mass is 430 g/mol. The Labute approximate surface area is 158 Å². The average molecular weight is 430 g/mol. The van der Waals surface area contributed by atoms with Crippen LogP contribution in [0.1, 0.15) is 38.7 Å². The van der Waals surface area contributed by atoms with Crippen LogP contribution in [0.15, 0.2) is 29.3 Å². The number of guanidine groups is 1. The van der Waals surface area contributed by atoms with Gasteiger partial charge in [-0.2, -0.15) is 0 Å². The summed E-state index contributed by atoms with van der Waals surface area (Å²) in [6.07, 6.45) is 3.50. The lowest BCUT2D eigenvalue weighted by Gasteiger charge is -2.20. The van der Waals surface area contributed by atoms with Crippen LogP contribution in [0.2, 0.25) is 0 Å². The normalized spacial score (nSPS) is 17.8. The Kier molecular flexibility index (Phi) is 9.36. The van der Waals surface area contributed by atoms with Crippen LogP contribution in [0.4, 0.5) is 5.69 Å². The fourth-order valence-corrected chi connectivity index (χ4v) is 2.73. The molecule has 0 saturated carbocycles. The first-order valence-electron chi connectivity index (χ1n) is 8.59. The van der Waals surface area contributed by atoms with Gasteiger partial charge in [0.05, 0.1) is 0 Å². The number of hydrogen-bond donors (Lipinski definition) is 2. The summed E-state index contributed by atoms with van der Waals surface area (Å²) >= 11 is 0. The summed E-state index contributed by atoms with van der Waals surface area (Å²) in [7, 11) is 0. The number of hydrogen-bond acceptors (Lipinski definition) is 2. The van der Waals surface area contributed by atoms with E-state index >= 15 is 0 Å². The Morgan fingerprint density at radius 3 is 2.65 bits per heavy atom. The number of halogens is 1. The molecule has 1 aliphatic rings. The van der Waals surface area contributed by atoms with E-state index in [1.54, 1.807) is 0 Å². The van der Waals surface area contributed by atoms with Gasteiger partial charge in [-0.05, 0) is 38.8 Å². The van der Waals surface area contributed by atoms with Gasteiger partial charge < -0.3 is 15.5 Å². The first-order valence-corrected chi connectivity index (χ1v) is 8.59. The minimum absolute atomic E-state index is 0. The molecule has 0 aliphatic carbocycles. The molecule has 0 spiro atoms. The molecule has 4 nitrogen and oxygen atoms in total. The van der Waals surface area contributed by atoms with Gasteiger partial charge in [0.1, 0.15) is 0 Å². The van der Waals surface area contributed by atoms with Crippen LogP contribution in [0.3, 0.4) is 0 Å². The van der Waals surface area contributed by atoms with Crippen LogP contribution in [-0.4, -0.2) is 38.2 Å². The minimum atomic E-state index is 0. The van der Waals surface area contributed by atoms with Crippen molar-refractivity contribution in [3.63, 3.8) is 0 Å². The number of anilines is 1. The van der Waals surface area contributed by atoms with Gasteiger partial charge in [-0.1, -0.05) is 31.0 Å². The van der Waals surface area contributed by atoms with Gasteiger partial charge in [0.15, 0.2) is 5.96 Å². The van der Waals surface area contributed by atoms with Gasteiger partial charge in [-0.3, -0.25) is 4.99 Å². The zero-order valence-electron chi connectivity index (χ0n) is 14.6. The quantitative estimate of drug-likeness (QED) is 0.314. The Hall–Kier alpha value is -0.980. The van der Waals surface area contributed by atoms with Crippen LogP contribution in [0, 0.1) is 6.92 Å². The number of aliphatic imine (C=N–C) groups is 1. The van der Waals surface area contributed by atoms with Gasteiger partial charge in [0.25, 0.3) is 0 Å². The molecule has 1 aromatic rings. The molecule has 0 aromatic heterocycles. The van der Waals surface area contributed by atoms with E-state index < -0.39 is 0 Å². The third kappa shape index (κ3) is 6.57. The van der Waals surface area contributed by atoms with Gasteiger partial charge >= 0.3 is 0 Å². The summed E-state index contributed by atoms with van der Waals surface area (Å²) in [5.41, 5.74) is 2.64. The lowest BCUT2D eigenvalue weighted by atomic mass is 10.2. The molecule has 1 saturated heterocycles. The fraction of sp³-hybridized carbons (Fsp3) is 0.611. The number of unbranched alkanes of at least 4 members (excludes halogenated alkanes) is 1. The van der Waals surface area contributed by atoms with E-state index in [1.165, 1.54) is 17.7 Å². The molecule has 1 aromatic carbocycles. The van der Waals surface area contributed by atoms with E-state index in [0.29, 0.717) is 6.04 Å². The predicted octanol–water partition coefficient (Wildman–Crippen LogP) is 3.55. The Balaban J connectivity index is 0.00000264. The van der Waals surface area contributed by atoms with E-state index in [9.17, 15) is 0 Å². The third-order valence-electron chi connectivity index (χ3n) is 4.05. The van der Waals surface area contributed by atoms with Crippen molar-refractivity contribution in [2.45, 2.75) is 46.1 Å². The molecule has 2 rings (SSSR count). The first-order chi connectivity index (χ1) is 10.7.